The summed E-state index contributed by atoms with van der Waals surface area (Å²) in [5.74, 6) is -0.542. The van der Waals surface area contributed by atoms with E-state index in [1.54, 1.807) is 0 Å². The molecule has 0 radical (unpaired) electrons. The number of hydrogen-bond acceptors (Lipinski definition) is 2. The molecular weight excluding hydrogens is 300 g/mol. The van der Waals surface area contributed by atoms with Gasteiger partial charge in [-0.25, -0.2) is 0 Å². The molecule has 2 amide bonds. The van der Waals surface area contributed by atoms with Gasteiger partial charge in [-0.2, -0.15) is 0 Å². The zero-order valence-electron chi connectivity index (χ0n) is 14.0. The van der Waals surface area contributed by atoms with Crippen LogP contribution in [0, 0.1) is 25.7 Å². The molecule has 2 aromatic rings. The Morgan fingerprint density at radius 1 is 0.958 bits per heavy atom. The van der Waals surface area contributed by atoms with Crippen LogP contribution in [0.3, 0.4) is 0 Å². The van der Waals surface area contributed by atoms with E-state index in [2.05, 4.69) is 10.6 Å². The first-order valence-corrected chi connectivity index (χ1v) is 8.24. The van der Waals surface area contributed by atoms with Crippen LogP contribution in [0.2, 0.25) is 0 Å². The van der Waals surface area contributed by atoms with Crippen LogP contribution in [0.15, 0.2) is 48.5 Å². The highest BCUT2D eigenvalue weighted by molar-refractivity contribution is 5.99. The van der Waals surface area contributed by atoms with Gasteiger partial charge < -0.3 is 10.6 Å². The molecule has 1 saturated carbocycles. The minimum absolute atomic E-state index is 0.0395. The van der Waals surface area contributed by atoms with E-state index in [0.717, 1.165) is 22.4 Å². The van der Waals surface area contributed by atoms with Crippen LogP contribution in [-0.2, 0) is 16.1 Å². The summed E-state index contributed by atoms with van der Waals surface area (Å²) in [6, 6.07) is 15.6. The Bertz CT molecular complexity index is 752. The number of nitrogens with one attached hydrogen (secondary N) is 2. The summed E-state index contributed by atoms with van der Waals surface area (Å²) in [5, 5.41) is 5.82. The van der Waals surface area contributed by atoms with Crippen molar-refractivity contribution >= 4 is 17.5 Å². The molecule has 1 fully saturated rings. The van der Waals surface area contributed by atoms with Gasteiger partial charge in [0.05, 0.1) is 11.8 Å². The summed E-state index contributed by atoms with van der Waals surface area (Å²) in [5.41, 5.74) is 4.18. The highest BCUT2D eigenvalue weighted by atomic mass is 16.2. The molecule has 0 saturated heterocycles. The van der Waals surface area contributed by atoms with E-state index in [1.807, 2.05) is 62.4 Å². The van der Waals surface area contributed by atoms with E-state index in [1.165, 1.54) is 0 Å². The summed E-state index contributed by atoms with van der Waals surface area (Å²) >= 11 is 0. The predicted octanol–water partition coefficient (Wildman–Crippen LogP) is 3.19. The Morgan fingerprint density at radius 3 is 2.33 bits per heavy atom. The topological polar surface area (TPSA) is 58.2 Å². The van der Waals surface area contributed by atoms with Crippen molar-refractivity contribution in [1.82, 2.24) is 5.32 Å². The molecule has 4 heteroatoms. The molecule has 0 aliphatic heterocycles. The lowest BCUT2D eigenvalue weighted by atomic mass is 10.1. The largest absolute Gasteiger partial charge is 0.352 e. The second kappa shape index (κ2) is 6.87. The predicted molar refractivity (Wildman–Crippen MR) is 94.4 cm³/mol. The summed E-state index contributed by atoms with van der Waals surface area (Å²) in [6.07, 6.45) is 0.622. The van der Waals surface area contributed by atoms with Gasteiger partial charge >= 0.3 is 0 Å². The minimum Gasteiger partial charge on any atom is -0.352 e. The number of anilines is 1. The van der Waals surface area contributed by atoms with Gasteiger partial charge in [0.25, 0.3) is 0 Å². The lowest BCUT2D eigenvalue weighted by Crippen LogP contribution is -2.27. The average Bonchev–Trinajstić information content (AvgIpc) is 3.37. The van der Waals surface area contributed by atoms with E-state index < -0.39 is 0 Å². The number of carbonyl (C=O) groups excluding carboxylic acids is 2. The van der Waals surface area contributed by atoms with Crippen LogP contribution in [0.4, 0.5) is 5.69 Å². The molecule has 2 unspecified atom stereocenters. The molecule has 1 aliphatic rings. The van der Waals surface area contributed by atoms with E-state index in [-0.39, 0.29) is 23.7 Å². The van der Waals surface area contributed by atoms with Crippen LogP contribution in [-0.4, -0.2) is 11.8 Å². The lowest BCUT2D eigenvalue weighted by Gasteiger charge is -2.08. The van der Waals surface area contributed by atoms with Crippen molar-refractivity contribution in [2.45, 2.75) is 26.8 Å². The molecule has 3 rings (SSSR count). The van der Waals surface area contributed by atoms with Crippen LogP contribution in [0.25, 0.3) is 0 Å². The maximum atomic E-state index is 12.2. The number of hydrogen-bond donors (Lipinski definition) is 2. The molecule has 2 N–H and O–H groups in total. The molecule has 24 heavy (non-hydrogen) atoms. The van der Waals surface area contributed by atoms with Crippen molar-refractivity contribution in [3.05, 3.63) is 65.2 Å². The third-order valence-electron chi connectivity index (χ3n) is 4.50. The fourth-order valence-electron chi connectivity index (χ4n) is 2.77. The molecule has 2 aromatic carbocycles. The van der Waals surface area contributed by atoms with Gasteiger partial charge in [0.15, 0.2) is 0 Å². The van der Waals surface area contributed by atoms with Gasteiger partial charge in [0.1, 0.15) is 0 Å². The Kier molecular flexibility index (Phi) is 4.65. The van der Waals surface area contributed by atoms with Gasteiger partial charge in [-0.3, -0.25) is 9.59 Å². The SMILES string of the molecule is Cc1ccc(NC(=O)C2CC2C(=O)NCc2ccccc2C)cc1. The normalized spacial score (nSPS) is 18.8. The second-order valence-corrected chi connectivity index (χ2v) is 6.45. The molecular formula is C20H22N2O2. The first-order valence-electron chi connectivity index (χ1n) is 8.24. The van der Waals surface area contributed by atoms with Gasteiger partial charge in [-0.15, -0.1) is 0 Å². The Labute approximate surface area is 142 Å². The number of rotatable bonds is 5. The van der Waals surface area contributed by atoms with E-state index in [9.17, 15) is 9.59 Å². The highest BCUT2D eigenvalue weighted by Crippen LogP contribution is 2.39. The van der Waals surface area contributed by atoms with Crippen LogP contribution >= 0.6 is 0 Å². The first-order chi connectivity index (χ1) is 11.5. The van der Waals surface area contributed by atoms with Crippen molar-refractivity contribution < 1.29 is 9.59 Å². The number of benzene rings is 2. The standard InChI is InChI=1S/C20H22N2O2/c1-13-7-9-16(10-8-13)22-20(24)18-11-17(18)19(23)21-12-15-6-4-3-5-14(15)2/h3-10,17-18H,11-12H2,1-2H3,(H,21,23)(H,22,24). The third kappa shape index (κ3) is 3.82. The molecule has 4 nitrogen and oxygen atoms in total. The van der Waals surface area contributed by atoms with Gasteiger partial charge in [0, 0.05) is 12.2 Å². The van der Waals surface area contributed by atoms with Crippen molar-refractivity contribution in [3.8, 4) is 0 Å². The molecule has 0 spiro atoms. The van der Waals surface area contributed by atoms with Crippen molar-refractivity contribution in [1.29, 1.82) is 0 Å². The molecule has 0 aromatic heterocycles. The third-order valence-corrected chi connectivity index (χ3v) is 4.50. The number of aryl methyl sites for hydroxylation is 2. The lowest BCUT2D eigenvalue weighted by molar-refractivity contribution is -0.125. The molecule has 124 valence electrons. The van der Waals surface area contributed by atoms with Crippen molar-refractivity contribution in [2.75, 3.05) is 5.32 Å². The van der Waals surface area contributed by atoms with Crippen LogP contribution in [0.5, 0.6) is 0 Å². The van der Waals surface area contributed by atoms with Gasteiger partial charge in [-0.1, -0.05) is 42.0 Å². The maximum absolute atomic E-state index is 12.2. The summed E-state index contributed by atoms with van der Waals surface area (Å²) in [6.45, 7) is 4.53. The molecule has 0 heterocycles. The Hall–Kier alpha value is -2.62. The number of amides is 2. The van der Waals surface area contributed by atoms with Gasteiger partial charge in [-0.05, 0) is 43.5 Å². The summed E-state index contributed by atoms with van der Waals surface area (Å²) in [7, 11) is 0. The molecule has 0 bridgehead atoms. The van der Waals surface area contributed by atoms with Gasteiger partial charge in [0.2, 0.25) is 11.8 Å². The number of carbonyl (C=O) groups is 2. The zero-order valence-corrected chi connectivity index (χ0v) is 14.0. The first kappa shape index (κ1) is 16.2. The molecule has 1 aliphatic carbocycles. The summed E-state index contributed by atoms with van der Waals surface area (Å²) < 4.78 is 0. The van der Waals surface area contributed by atoms with Crippen LogP contribution in [0.1, 0.15) is 23.1 Å². The molecule has 2 atom stereocenters. The zero-order chi connectivity index (χ0) is 17.1. The maximum Gasteiger partial charge on any atom is 0.228 e. The monoisotopic (exact) mass is 322 g/mol. The summed E-state index contributed by atoms with van der Waals surface area (Å²) in [4.78, 5) is 24.4. The van der Waals surface area contributed by atoms with Crippen LogP contribution < -0.4 is 10.6 Å². The second-order valence-electron chi connectivity index (χ2n) is 6.45. The van der Waals surface area contributed by atoms with E-state index in [0.29, 0.717) is 13.0 Å². The van der Waals surface area contributed by atoms with E-state index >= 15 is 0 Å². The quantitative estimate of drug-likeness (QED) is 0.888. The minimum atomic E-state index is -0.219. The van der Waals surface area contributed by atoms with Crippen molar-refractivity contribution in [3.63, 3.8) is 0 Å². The Balaban J connectivity index is 1.49. The van der Waals surface area contributed by atoms with Crippen molar-refractivity contribution in [2.24, 2.45) is 11.8 Å². The fourth-order valence-corrected chi connectivity index (χ4v) is 2.77. The fraction of sp³-hybridized carbons (Fsp3) is 0.300. The van der Waals surface area contributed by atoms with E-state index in [4.69, 9.17) is 0 Å². The smallest absolute Gasteiger partial charge is 0.228 e. The Morgan fingerprint density at radius 2 is 1.62 bits per heavy atom. The highest BCUT2D eigenvalue weighted by Gasteiger charge is 2.47. The average molecular weight is 322 g/mol.